The highest BCUT2D eigenvalue weighted by atomic mass is 19.1. The number of benzene rings is 1. The van der Waals surface area contributed by atoms with E-state index in [0.717, 1.165) is 6.07 Å². The molecule has 1 aliphatic heterocycles. The summed E-state index contributed by atoms with van der Waals surface area (Å²) in [5, 5.41) is 20.5. The molecule has 134 valence electrons. The first kappa shape index (κ1) is 18.6. The number of rotatable bonds is 5. The van der Waals surface area contributed by atoms with Crippen molar-refractivity contribution in [1.82, 2.24) is 4.90 Å². The maximum absolute atomic E-state index is 13.8. The molecule has 0 spiro atoms. The monoisotopic (exact) mass is 342 g/mol. The molecule has 0 saturated carbocycles. The number of hydrogen-bond acceptors (Lipinski definition) is 6. The van der Waals surface area contributed by atoms with Gasteiger partial charge in [0.2, 0.25) is 5.75 Å². The number of para-hydroxylation sites is 1. The van der Waals surface area contributed by atoms with Crippen LogP contribution in [0.15, 0.2) is 18.2 Å². The normalized spacial score (nSPS) is 22.4. The Morgan fingerprint density at radius 2 is 2.21 bits per heavy atom. The molecule has 1 aromatic carbocycles. The van der Waals surface area contributed by atoms with Crippen molar-refractivity contribution < 1.29 is 23.9 Å². The second-order valence-electron chi connectivity index (χ2n) is 6.77. The van der Waals surface area contributed by atoms with Crippen LogP contribution in [0.2, 0.25) is 0 Å². The molecule has 0 aromatic heterocycles. The second-order valence-corrected chi connectivity index (χ2v) is 6.77. The van der Waals surface area contributed by atoms with Gasteiger partial charge >= 0.3 is 5.69 Å². The third-order valence-electron chi connectivity index (χ3n) is 3.99. The maximum atomic E-state index is 13.8. The number of morpholine rings is 1. The van der Waals surface area contributed by atoms with E-state index in [4.69, 9.17) is 9.47 Å². The van der Waals surface area contributed by atoms with Crippen molar-refractivity contribution in [1.29, 1.82) is 0 Å². The summed E-state index contributed by atoms with van der Waals surface area (Å²) in [5.41, 5.74) is -0.592. The van der Waals surface area contributed by atoms with E-state index in [1.54, 1.807) is 0 Å². The molecule has 1 heterocycles. The molecule has 1 fully saturated rings. The van der Waals surface area contributed by atoms with Gasteiger partial charge < -0.3 is 14.6 Å². The molecule has 24 heavy (non-hydrogen) atoms. The Hall–Kier alpha value is -1.77. The van der Waals surface area contributed by atoms with E-state index in [0.29, 0.717) is 13.2 Å². The smallest absolute Gasteiger partial charge is 0.314 e. The zero-order valence-electron chi connectivity index (χ0n) is 14.1. The Morgan fingerprint density at radius 3 is 2.79 bits per heavy atom. The lowest BCUT2D eigenvalue weighted by atomic mass is 10.0. The quantitative estimate of drug-likeness (QED) is 0.650. The van der Waals surface area contributed by atoms with Crippen molar-refractivity contribution in [2.45, 2.75) is 38.5 Å². The van der Waals surface area contributed by atoms with Gasteiger partial charge in [-0.1, -0.05) is 6.07 Å². The van der Waals surface area contributed by atoms with Crippen molar-refractivity contribution in [2.24, 2.45) is 0 Å². The van der Waals surface area contributed by atoms with Crippen LogP contribution in [-0.4, -0.2) is 59.0 Å². The van der Waals surface area contributed by atoms with Crippen LogP contribution in [0.5, 0.6) is 5.75 Å². The topological polar surface area (TPSA) is 85.1 Å². The molecule has 1 saturated heterocycles. The van der Waals surface area contributed by atoms with Crippen molar-refractivity contribution in [3.63, 3.8) is 0 Å². The fraction of sp³-hybridized carbons (Fsp3) is 0.625. The first-order valence-electron chi connectivity index (χ1n) is 7.79. The summed E-state index contributed by atoms with van der Waals surface area (Å²) in [6.45, 7) is 6.86. The Balaban J connectivity index is 2.07. The van der Waals surface area contributed by atoms with Crippen LogP contribution in [0.1, 0.15) is 20.8 Å². The third-order valence-corrected chi connectivity index (χ3v) is 3.99. The van der Waals surface area contributed by atoms with Gasteiger partial charge in [-0.3, -0.25) is 15.0 Å². The lowest BCUT2D eigenvalue weighted by molar-refractivity contribution is -0.386. The Kier molecular flexibility index (Phi) is 5.74. The lowest BCUT2D eigenvalue weighted by Crippen LogP contribution is -2.59. The van der Waals surface area contributed by atoms with E-state index in [1.807, 2.05) is 20.8 Å². The van der Waals surface area contributed by atoms with Gasteiger partial charge in [0.25, 0.3) is 0 Å². The SMILES string of the molecule is CC(C)(C)N1C[C@@H](COc2c(F)cccc2[N+](=O)[O-])OC[C@H]1CO. The largest absolute Gasteiger partial charge is 0.482 e. The van der Waals surface area contributed by atoms with Crippen LogP contribution in [0, 0.1) is 15.9 Å². The molecule has 0 unspecified atom stereocenters. The average Bonchev–Trinajstić information content (AvgIpc) is 2.52. The predicted octanol–water partition coefficient (Wildman–Crippen LogP) is 1.97. The molecule has 2 rings (SSSR count). The summed E-state index contributed by atoms with van der Waals surface area (Å²) in [6.07, 6.45) is -0.369. The predicted molar refractivity (Wildman–Crippen MR) is 85.6 cm³/mol. The molecule has 1 N–H and O–H groups in total. The van der Waals surface area contributed by atoms with Crippen LogP contribution in [0.3, 0.4) is 0 Å². The van der Waals surface area contributed by atoms with E-state index >= 15 is 0 Å². The summed E-state index contributed by atoms with van der Waals surface area (Å²) >= 11 is 0. The van der Waals surface area contributed by atoms with Crippen LogP contribution >= 0.6 is 0 Å². The molecule has 0 radical (unpaired) electrons. The molecular weight excluding hydrogens is 319 g/mol. The number of halogens is 1. The van der Waals surface area contributed by atoms with Crippen LogP contribution in [0.4, 0.5) is 10.1 Å². The summed E-state index contributed by atoms with van der Waals surface area (Å²) in [7, 11) is 0. The van der Waals surface area contributed by atoms with Crippen molar-refractivity contribution in [2.75, 3.05) is 26.4 Å². The minimum absolute atomic E-state index is 0.00744. The Bertz CT molecular complexity index is 590. The van der Waals surface area contributed by atoms with Crippen LogP contribution in [-0.2, 0) is 4.74 Å². The van der Waals surface area contributed by atoms with Crippen LogP contribution < -0.4 is 4.74 Å². The first-order chi connectivity index (χ1) is 11.2. The molecular formula is C16H23FN2O5. The number of aliphatic hydroxyl groups excluding tert-OH is 1. The summed E-state index contributed by atoms with van der Waals surface area (Å²) in [4.78, 5) is 12.4. The standard InChI is InChI=1S/C16H23FN2O5/c1-16(2,3)18-7-12(23-9-11(18)8-20)10-24-15-13(17)5-4-6-14(15)19(21)22/h4-6,11-12,20H,7-10H2,1-3H3/t11-,12+/m1/s1. The maximum Gasteiger partial charge on any atom is 0.314 e. The van der Waals surface area contributed by atoms with E-state index in [2.05, 4.69) is 4.90 Å². The summed E-state index contributed by atoms with van der Waals surface area (Å²) in [6, 6.07) is 3.46. The molecule has 0 amide bonds. The number of aliphatic hydroxyl groups is 1. The van der Waals surface area contributed by atoms with Crippen molar-refractivity contribution in [3.8, 4) is 5.75 Å². The average molecular weight is 342 g/mol. The highest BCUT2D eigenvalue weighted by molar-refractivity contribution is 5.46. The molecule has 1 aromatic rings. The number of hydrogen-bond donors (Lipinski definition) is 1. The van der Waals surface area contributed by atoms with E-state index in [1.165, 1.54) is 12.1 Å². The van der Waals surface area contributed by atoms with Crippen LogP contribution in [0.25, 0.3) is 0 Å². The van der Waals surface area contributed by atoms with Gasteiger partial charge in [-0.15, -0.1) is 0 Å². The van der Waals surface area contributed by atoms with Gasteiger partial charge in [-0.05, 0) is 26.8 Å². The van der Waals surface area contributed by atoms with E-state index < -0.39 is 16.4 Å². The highest BCUT2D eigenvalue weighted by Gasteiger charge is 2.35. The Labute approximate surface area is 140 Å². The van der Waals surface area contributed by atoms with Crippen molar-refractivity contribution >= 4 is 5.69 Å². The van der Waals surface area contributed by atoms with E-state index in [9.17, 15) is 19.6 Å². The zero-order chi connectivity index (χ0) is 17.9. The van der Waals surface area contributed by atoms with Gasteiger partial charge in [0.05, 0.1) is 24.2 Å². The van der Waals surface area contributed by atoms with Crippen molar-refractivity contribution in [3.05, 3.63) is 34.1 Å². The summed E-state index contributed by atoms with van der Waals surface area (Å²) < 4.78 is 24.9. The number of nitrogens with zero attached hydrogens (tertiary/aromatic N) is 2. The molecule has 7 nitrogen and oxygen atoms in total. The fourth-order valence-corrected chi connectivity index (χ4v) is 2.79. The zero-order valence-corrected chi connectivity index (χ0v) is 14.1. The third kappa shape index (κ3) is 4.19. The lowest BCUT2D eigenvalue weighted by Gasteiger charge is -2.46. The van der Waals surface area contributed by atoms with Gasteiger partial charge in [0.15, 0.2) is 5.82 Å². The molecule has 0 aliphatic carbocycles. The molecule has 1 aliphatic rings. The molecule has 2 atom stereocenters. The minimum atomic E-state index is -0.777. The van der Waals surface area contributed by atoms with E-state index in [-0.39, 0.29) is 36.6 Å². The first-order valence-corrected chi connectivity index (χ1v) is 7.79. The van der Waals surface area contributed by atoms with Gasteiger partial charge in [-0.25, -0.2) is 4.39 Å². The minimum Gasteiger partial charge on any atom is -0.482 e. The molecule has 8 heteroatoms. The number of nitro groups is 1. The molecule has 0 bridgehead atoms. The van der Waals surface area contributed by atoms with Gasteiger partial charge in [0, 0.05) is 18.2 Å². The second kappa shape index (κ2) is 7.42. The summed E-state index contributed by atoms with van der Waals surface area (Å²) in [5.74, 6) is -1.15. The number of nitro benzene ring substituents is 1. The number of ether oxygens (including phenoxy) is 2. The fourth-order valence-electron chi connectivity index (χ4n) is 2.79. The van der Waals surface area contributed by atoms with Gasteiger partial charge in [0.1, 0.15) is 12.7 Å². The highest BCUT2D eigenvalue weighted by Crippen LogP contribution is 2.30. The van der Waals surface area contributed by atoms with Gasteiger partial charge in [-0.2, -0.15) is 0 Å². The Morgan fingerprint density at radius 1 is 1.50 bits per heavy atom.